The minimum absolute atomic E-state index is 0.00472. The third kappa shape index (κ3) is 2.07. The SMILES string of the molecule is COC1(C(C)Br)OCC=CCO1. The van der Waals surface area contributed by atoms with Gasteiger partial charge < -0.3 is 14.2 Å². The van der Waals surface area contributed by atoms with Gasteiger partial charge in [-0.3, -0.25) is 0 Å². The zero-order chi connectivity index (χ0) is 9.03. The summed E-state index contributed by atoms with van der Waals surface area (Å²) < 4.78 is 16.0. The molecular formula is C8H13BrO3. The van der Waals surface area contributed by atoms with E-state index in [1.54, 1.807) is 7.11 Å². The molecule has 0 aromatic carbocycles. The van der Waals surface area contributed by atoms with Crippen LogP contribution in [-0.2, 0) is 14.2 Å². The molecule has 1 aliphatic rings. The first-order chi connectivity index (χ1) is 5.71. The minimum atomic E-state index is -0.941. The summed E-state index contributed by atoms with van der Waals surface area (Å²) in [5, 5.41) is 0. The van der Waals surface area contributed by atoms with Crippen molar-refractivity contribution in [3.63, 3.8) is 0 Å². The van der Waals surface area contributed by atoms with E-state index in [9.17, 15) is 0 Å². The molecule has 1 aliphatic heterocycles. The summed E-state index contributed by atoms with van der Waals surface area (Å²) in [6.45, 7) is 2.96. The van der Waals surface area contributed by atoms with E-state index < -0.39 is 5.97 Å². The van der Waals surface area contributed by atoms with E-state index in [-0.39, 0.29) is 4.83 Å². The zero-order valence-electron chi connectivity index (χ0n) is 7.25. The van der Waals surface area contributed by atoms with E-state index in [0.717, 1.165) is 0 Å². The molecule has 70 valence electrons. The lowest BCUT2D eigenvalue weighted by Gasteiger charge is -2.32. The molecule has 0 fully saturated rings. The van der Waals surface area contributed by atoms with Crippen molar-refractivity contribution in [3.8, 4) is 0 Å². The van der Waals surface area contributed by atoms with Crippen LogP contribution in [0.5, 0.6) is 0 Å². The van der Waals surface area contributed by atoms with E-state index >= 15 is 0 Å². The smallest absolute Gasteiger partial charge is 0.296 e. The van der Waals surface area contributed by atoms with Gasteiger partial charge in [-0.15, -0.1) is 0 Å². The highest BCUT2D eigenvalue weighted by Gasteiger charge is 2.38. The molecule has 0 saturated heterocycles. The molecule has 1 unspecified atom stereocenters. The topological polar surface area (TPSA) is 27.7 Å². The number of halogens is 1. The summed E-state index contributed by atoms with van der Waals surface area (Å²) in [6.07, 6.45) is 3.83. The van der Waals surface area contributed by atoms with Crippen LogP contribution in [0.2, 0.25) is 0 Å². The van der Waals surface area contributed by atoms with Crippen LogP contribution in [0.3, 0.4) is 0 Å². The first-order valence-corrected chi connectivity index (χ1v) is 4.75. The summed E-state index contributed by atoms with van der Waals surface area (Å²) >= 11 is 3.39. The van der Waals surface area contributed by atoms with E-state index in [2.05, 4.69) is 15.9 Å². The van der Waals surface area contributed by atoms with Gasteiger partial charge in [-0.2, -0.15) is 0 Å². The summed E-state index contributed by atoms with van der Waals surface area (Å²) in [5.41, 5.74) is 0. The monoisotopic (exact) mass is 236 g/mol. The number of hydrogen-bond acceptors (Lipinski definition) is 3. The quantitative estimate of drug-likeness (QED) is 0.540. The highest BCUT2D eigenvalue weighted by molar-refractivity contribution is 9.09. The Labute approximate surface area is 80.8 Å². The molecule has 1 heterocycles. The molecule has 0 spiro atoms. The number of alkyl halides is 1. The molecule has 0 bridgehead atoms. The van der Waals surface area contributed by atoms with Crippen LogP contribution in [0.1, 0.15) is 6.92 Å². The maximum absolute atomic E-state index is 5.42. The summed E-state index contributed by atoms with van der Waals surface area (Å²) in [6, 6.07) is 0. The zero-order valence-corrected chi connectivity index (χ0v) is 8.83. The second-order valence-corrected chi connectivity index (χ2v) is 3.89. The lowest BCUT2D eigenvalue weighted by Crippen LogP contribution is -2.44. The van der Waals surface area contributed by atoms with Crippen molar-refractivity contribution in [1.29, 1.82) is 0 Å². The second kappa shape index (κ2) is 4.37. The van der Waals surface area contributed by atoms with Crippen molar-refractivity contribution in [3.05, 3.63) is 12.2 Å². The summed E-state index contributed by atoms with van der Waals surface area (Å²) in [7, 11) is 1.57. The normalized spacial score (nSPS) is 24.9. The molecule has 0 N–H and O–H groups in total. The average Bonchev–Trinajstić information content (AvgIpc) is 2.29. The highest BCUT2D eigenvalue weighted by Crippen LogP contribution is 2.26. The molecular weight excluding hydrogens is 224 g/mol. The standard InChI is InChI=1S/C8H13BrO3/c1-7(9)8(10-2)11-5-3-4-6-12-8/h3-4,7H,5-6H2,1-2H3. The Morgan fingerprint density at radius 2 is 1.92 bits per heavy atom. The van der Waals surface area contributed by atoms with Gasteiger partial charge in [-0.1, -0.05) is 28.1 Å². The van der Waals surface area contributed by atoms with Crippen LogP contribution < -0.4 is 0 Å². The lowest BCUT2D eigenvalue weighted by atomic mass is 10.4. The highest BCUT2D eigenvalue weighted by atomic mass is 79.9. The Morgan fingerprint density at radius 1 is 1.42 bits per heavy atom. The largest absolute Gasteiger partial charge is 0.330 e. The number of methoxy groups -OCH3 is 1. The van der Waals surface area contributed by atoms with E-state index in [1.807, 2.05) is 19.1 Å². The van der Waals surface area contributed by atoms with Gasteiger partial charge in [0.15, 0.2) is 0 Å². The molecule has 12 heavy (non-hydrogen) atoms. The van der Waals surface area contributed by atoms with Crippen molar-refractivity contribution < 1.29 is 14.2 Å². The van der Waals surface area contributed by atoms with Crippen molar-refractivity contribution in [2.45, 2.75) is 17.7 Å². The number of hydrogen-bond donors (Lipinski definition) is 0. The lowest BCUT2D eigenvalue weighted by molar-refractivity contribution is -0.358. The predicted octanol–water partition coefficient (Wildman–Crippen LogP) is 1.67. The van der Waals surface area contributed by atoms with Gasteiger partial charge in [0.05, 0.1) is 18.0 Å². The van der Waals surface area contributed by atoms with Gasteiger partial charge in [-0.25, -0.2) is 0 Å². The van der Waals surface area contributed by atoms with Gasteiger partial charge in [0.25, 0.3) is 5.97 Å². The van der Waals surface area contributed by atoms with Gasteiger partial charge >= 0.3 is 0 Å². The maximum atomic E-state index is 5.42. The minimum Gasteiger partial charge on any atom is -0.330 e. The van der Waals surface area contributed by atoms with Crippen LogP contribution >= 0.6 is 15.9 Å². The molecule has 0 saturated carbocycles. The molecule has 0 aromatic heterocycles. The molecule has 1 rings (SSSR count). The van der Waals surface area contributed by atoms with Crippen LogP contribution in [0.15, 0.2) is 12.2 Å². The Bertz CT molecular complexity index is 158. The van der Waals surface area contributed by atoms with Crippen molar-refractivity contribution >= 4 is 15.9 Å². The van der Waals surface area contributed by atoms with Crippen LogP contribution in [0.4, 0.5) is 0 Å². The molecule has 0 aliphatic carbocycles. The first kappa shape index (κ1) is 10.2. The molecule has 1 atom stereocenters. The third-order valence-electron chi connectivity index (χ3n) is 1.70. The van der Waals surface area contributed by atoms with Gasteiger partial charge in [0, 0.05) is 7.11 Å². The van der Waals surface area contributed by atoms with E-state index in [0.29, 0.717) is 13.2 Å². The first-order valence-electron chi connectivity index (χ1n) is 3.83. The summed E-state index contributed by atoms with van der Waals surface area (Å²) in [4.78, 5) is -0.00472. The fourth-order valence-electron chi connectivity index (χ4n) is 1.02. The van der Waals surface area contributed by atoms with Gasteiger partial charge in [0.1, 0.15) is 0 Å². The maximum Gasteiger partial charge on any atom is 0.296 e. The Morgan fingerprint density at radius 3 is 2.25 bits per heavy atom. The van der Waals surface area contributed by atoms with Crippen molar-refractivity contribution in [2.24, 2.45) is 0 Å². The van der Waals surface area contributed by atoms with Crippen LogP contribution in [-0.4, -0.2) is 31.1 Å². The van der Waals surface area contributed by atoms with Crippen molar-refractivity contribution in [2.75, 3.05) is 20.3 Å². The van der Waals surface area contributed by atoms with E-state index in [1.165, 1.54) is 0 Å². The Kier molecular flexibility index (Phi) is 3.71. The Balaban J connectivity index is 2.65. The molecule has 0 radical (unpaired) electrons. The van der Waals surface area contributed by atoms with E-state index in [4.69, 9.17) is 14.2 Å². The summed E-state index contributed by atoms with van der Waals surface area (Å²) in [5.74, 6) is -0.941. The third-order valence-corrected chi connectivity index (χ3v) is 2.26. The molecule has 0 aromatic rings. The van der Waals surface area contributed by atoms with Crippen LogP contribution in [0.25, 0.3) is 0 Å². The van der Waals surface area contributed by atoms with Crippen LogP contribution in [0, 0.1) is 0 Å². The molecule has 0 amide bonds. The second-order valence-electron chi connectivity index (χ2n) is 2.52. The fourth-order valence-corrected chi connectivity index (χ4v) is 1.47. The Hall–Kier alpha value is 0.100. The average molecular weight is 237 g/mol. The molecule has 3 nitrogen and oxygen atoms in total. The fraction of sp³-hybridized carbons (Fsp3) is 0.750. The number of ether oxygens (including phenoxy) is 3. The van der Waals surface area contributed by atoms with Gasteiger partial charge in [-0.05, 0) is 6.92 Å². The molecule has 4 heteroatoms. The van der Waals surface area contributed by atoms with Crippen molar-refractivity contribution in [1.82, 2.24) is 0 Å². The predicted molar refractivity (Wildman–Crippen MR) is 49.2 cm³/mol. The van der Waals surface area contributed by atoms with Gasteiger partial charge in [0.2, 0.25) is 0 Å². The number of rotatable bonds is 2.